The van der Waals surface area contributed by atoms with Crippen molar-refractivity contribution < 1.29 is 19.0 Å². The summed E-state index contributed by atoms with van der Waals surface area (Å²) >= 11 is 1.38. The second kappa shape index (κ2) is 9.01. The van der Waals surface area contributed by atoms with E-state index in [1.807, 2.05) is 32.0 Å². The van der Waals surface area contributed by atoms with Gasteiger partial charge in [-0.05, 0) is 38.1 Å². The minimum absolute atomic E-state index is 0.139. The summed E-state index contributed by atoms with van der Waals surface area (Å²) < 4.78 is 17.9. The normalized spacial score (nSPS) is 14.9. The van der Waals surface area contributed by atoms with E-state index in [1.54, 1.807) is 18.2 Å². The molecule has 0 fully saturated rings. The molecule has 0 saturated heterocycles. The fourth-order valence-corrected chi connectivity index (χ4v) is 4.59. The number of fused-ring (bicyclic) bond motifs is 2. The molecule has 1 unspecified atom stereocenters. The number of nitrogens with zero attached hydrogens (tertiary/aromatic N) is 2. The second-order valence-corrected chi connectivity index (χ2v) is 8.24. The first-order valence-corrected chi connectivity index (χ1v) is 11.1. The van der Waals surface area contributed by atoms with Crippen LogP contribution in [0, 0.1) is 0 Å². The summed E-state index contributed by atoms with van der Waals surface area (Å²) in [4.78, 5) is 29.6. The van der Waals surface area contributed by atoms with Crippen LogP contribution in [0.25, 0.3) is 10.9 Å². The van der Waals surface area contributed by atoms with Crippen LogP contribution >= 0.6 is 11.8 Å². The number of carbonyl (C=O) groups is 1. The van der Waals surface area contributed by atoms with Crippen LogP contribution in [0.1, 0.15) is 25.0 Å². The van der Waals surface area contributed by atoms with E-state index >= 15 is 0 Å². The molecule has 0 saturated carbocycles. The Hall–Kier alpha value is -3.00. The lowest BCUT2D eigenvalue weighted by Crippen LogP contribution is -2.27. The minimum Gasteiger partial charge on any atom is -0.494 e. The number of carbonyl (C=O) groups excluding carboxylic acids is 1. The number of para-hydroxylation sites is 1. The molecule has 2 aromatic carbocycles. The lowest BCUT2D eigenvalue weighted by atomic mass is 10.1. The number of rotatable bonds is 7. The first kappa shape index (κ1) is 21.2. The molecule has 7 nitrogen and oxygen atoms in total. The van der Waals surface area contributed by atoms with E-state index in [9.17, 15) is 9.59 Å². The molecule has 0 radical (unpaired) electrons. The lowest BCUT2D eigenvalue weighted by molar-refractivity contribution is -0.141. The predicted molar refractivity (Wildman–Crippen MR) is 119 cm³/mol. The van der Waals surface area contributed by atoms with Gasteiger partial charge in [0.25, 0.3) is 5.56 Å². The van der Waals surface area contributed by atoms with E-state index in [4.69, 9.17) is 14.2 Å². The van der Waals surface area contributed by atoms with Crippen molar-refractivity contribution >= 4 is 28.6 Å². The molecule has 0 bridgehead atoms. The zero-order valence-electron chi connectivity index (χ0n) is 17.7. The van der Waals surface area contributed by atoms with Gasteiger partial charge in [-0.25, -0.2) is 4.98 Å². The third-order valence-electron chi connectivity index (χ3n) is 5.08. The van der Waals surface area contributed by atoms with Crippen molar-refractivity contribution in [3.05, 3.63) is 57.9 Å². The molecule has 3 aromatic rings. The van der Waals surface area contributed by atoms with Gasteiger partial charge in [0, 0.05) is 23.3 Å². The molecule has 4 rings (SSSR count). The predicted octanol–water partition coefficient (Wildman–Crippen LogP) is 3.58. The van der Waals surface area contributed by atoms with E-state index in [0.717, 1.165) is 29.0 Å². The molecule has 162 valence electrons. The maximum Gasteiger partial charge on any atom is 0.325 e. The van der Waals surface area contributed by atoms with Crippen molar-refractivity contribution in [2.45, 2.75) is 43.8 Å². The van der Waals surface area contributed by atoms with Gasteiger partial charge in [-0.15, -0.1) is 0 Å². The Morgan fingerprint density at radius 2 is 2.13 bits per heavy atom. The highest BCUT2D eigenvalue weighted by molar-refractivity contribution is 7.98. The van der Waals surface area contributed by atoms with Crippen molar-refractivity contribution in [2.75, 3.05) is 13.7 Å². The molecular formula is C23H24N2O5S. The summed E-state index contributed by atoms with van der Waals surface area (Å²) in [6.07, 6.45) is 0.994. The third kappa shape index (κ3) is 4.39. The van der Waals surface area contributed by atoms with Gasteiger partial charge in [-0.3, -0.25) is 14.2 Å². The van der Waals surface area contributed by atoms with Gasteiger partial charge in [-0.1, -0.05) is 23.9 Å². The molecule has 1 aromatic heterocycles. The maximum absolute atomic E-state index is 13.0. The molecule has 0 spiro atoms. The number of benzene rings is 2. The average Bonchev–Trinajstić information content (AvgIpc) is 3.13. The van der Waals surface area contributed by atoms with Gasteiger partial charge in [0.05, 0.1) is 24.6 Å². The Bertz CT molecular complexity index is 1190. The lowest BCUT2D eigenvalue weighted by Gasteiger charge is -2.15. The van der Waals surface area contributed by atoms with Crippen molar-refractivity contribution in [1.82, 2.24) is 9.55 Å². The monoisotopic (exact) mass is 440 g/mol. The molecule has 1 atom stereocenters. The number of ether oxygens (including phenoxy) is 3. The average molecular weight is 441 g/mol. The molecule has 1 aliphatic rings. The zero-order chi connectivity index (χ0) is 22.0. The Kier molecular flexibility index (Phi) is 6.18. The van der Waals surface area contributed by atoms with Crippen LogP contribution in [-0.4, -0.2) is 35.3 Å². The summed E-state index contributed by atoms with van der Waals surface area (Å²) in [5.41, 5.74) is 2.41. The Morgan fingerprint density at radius 1 is 1.32 bits per heavy atom. The zero-order valence-corrected chi connectivity index (χ0v) is 18.5. The summed E-state index contributed by atoms with van der Waals surface area (Å²) in [5, 5.41) is 0.914. The summed E-state index contributed by atoms with van der Waals surface area (Å²) in [7, 11) is 1.30. The first-order valence-electron chi connectivity index (χ1n) is 10.1. The van der Waals surface area contributed by atoms with Crippen LogP contribution in [-0.2, 0) is 28.2 Å². The van der Waals surface area contributed by atoms with Crippen LogP contribution in [0.15, 0.2) is 46.3 Å². The molecule has 0 aliphatic carbocycles. The number of esters is 1. The fourth-order valence-electron chi connectivity index (χ4n) is 3.62. The van der Waals surface area contributed by atoms with Crippen LogP contribution in [0.5, 0.6) is 11.5 Å². The van der Waals surface area contributed by atoms with Gasteiger partial charge >= 0.3 is 5.97 Å². The van der Waals surface area contributed by atoms with Crippen molar-refractivity contribution in [2.24, 2.45) is 0 Å². The Labute approximate surface area is 184 Å². The van der Waals surface area contributed by atoms with Crippen molar-refractivity contribution in [3.63, 3.8) is 0 Å². The van der Waals surface area contributed by atoms with Crippen LogP contribution in [0.2, 0.25) is 0 Å². The number of hydrogen-bond acceptors (Lipinski definition) is 7. The summed E-state index contributed by atoms with van der Waals surface area (Å²) in [6.45, 7) is 4.34. The standard InChI is InChI=1S/C23H24N2O5S/c1-4-29-19-10-15-9-14(2)30-20(15)11-16(19)13-31-23-24-18-8-6-5-7-17(18)22(27)25(23)12-21(26)28-3/h5-8,10-11,14H,4,9,12-13H2,1-3H3. The molecule has 8 heteroatoms. The summed E-state index contributed by atoms with van der Waals surface area (Å²) in [6, 6.07) is 11.1. The van der Waals surface area contributed by atoms with Crippen LogP contribution < -0.4 is 15.0 Å². The Morgan fingerprint density at radius 3 is 2.90 bits per heavy atom. The van der Waals surface area contributed by atoms with Gasteiger partial charge in [0.2, 0.25) is 0 Å². The van der Waals surface area contributed by atoms with E-state index in [1.165, 1.54) is 23.4 Å². The quantitative estimate of drug-likeness (QED) is 0.316. The third-order valence-corrected chi connectivity index (χ3v) is 6.10. The van der Waals surface area contributed by atoms with Gasteiger partial charge in [-0.2, -0.15) is 0 Å². The van der Waals surface area contributed by atoms with E-state index in [0.29, 0.717) is 28.4 Å². The second-order valence-electron chi connectivity index (χ2n) is 7.30. The largest absolute Gasteiger partial charge is 0.494 e. The molecule has 31 heavy (non-hydrogen) atoms. The first-order chi connectivity index (χ1) is 15.0. The molecule has 0 amide bonds. The number of thioether (sulfide) groups is 1. The van der Waals surface area contributed by atoms with Crippen molar-refractivity contribution in [3.8, 4) is 11.5 Å². The maximum atomic E-state index is 13.0. The molecular weight excluding hydrogens is 416 g/mol. The molecule has 2 heterocycles. The van der Waals surface area contributed by atoms with Crippen LogP contribution in [0.4, 0.5) is 0 Å². The highest BCUT2D eigenvalue weighted by Crippen LogP contribution is 2.37. The van der Waals surface area contributed by atoms with Crippen LogP contribution in [0.3, 0.4) is 0 Å². The highest BCUT2D eigenvalue weighted by Gasteiger charge is 2.22. The number of methoxy groups -OCH3 is 1. The SMILES string of the molecule is CCOc1cc2c(cc1CSc1nc3ccccc3c(=O)n1CC(=O)OC)OC(C)C2. The molecule has 1 aliphatic heterocycles. The molecule has 0 N–H and O–H groups in total. The minimum atomic E-state index is -0.504. The topological polar surface area (TPSA) is 79.7 Å². The van der Waals surface area contributed by atoms with E-state index in [-0.39, 0.29) is 18.2 Å². The smallest absolute Gasteiger partial charge is 0.325 e. The number of aromatic nitrogens is 2. The van der Waals surface area contributed by atoms with Gasteiger partial charge in [0.15, 0.2) is 5.16 Å². The van der Waals surface area contributed by atoms with E-state index in [2.05, 4.69) is 4.98 Å². The Balaban J connectivity index is 1.70. The van der Waals surface area contributed by atoms with Gasteiger partial charge < -0.3 is 14.2 Å². The summed E-state index contributed by atoms with van der Waals surface area (Å²) in [5.74, 6) is 1.67. The fraction of sp³-hybridized carbons (Fsp3) is 0.348. The van der Waals surface area contributed by atoms with E-state index < -0.39 is 5.97 Å². The van der Waals surface area contributed by atoms with Crippen molar-refractivity contribution in [1.29, 1.82) is 0 Å². The number of hydrogen-bond donors (Lipinski definition) is 0. The highest BCUT2D eigenvalue weighted by atomic mass is 32.2. The van der Waals surface area contributed by atoms with Gasteiger partial charge in [0.1, 0.15) is 24.1 Å².